The number of hydrogen-bond acceptors (Lipinski definition) is 3. The van der Waals surface area contributed by atoms with Crippen LogP contribution in [0.5, 0.6) is 0 Å². The Morgan fingerprint density at radius 3 is 2.60 bits per heavy atom. The molecule has 1 aromatic carbocycles. The van der Waals surface area contributed by atoms with Gasteiger partial charge in [-0.2, -0.15) is 0 Å². The Balaban J connectivity index is 1.74. The minimum atomic E-state index is -1.86. The number of rotatable bonds is 2. The molecule has 3 rings (SSSR count). The summed E-state index contributed by atoms with van der Waals surface area (Å²) in [6, 6.07) is 9.55. The van der Waals surface area contributed by atoms with Crippen molar-refractivity contribution in [1.29, 1.82) is 0 Å². The highest BCUT2D eigenvalue weighted by Crippen LogP contribution is 2.33. The molecule has 2 aliphatic heterocycles. The van der Waals surface area contributed by atoms with Crippen LogP contribution >= 0.6 is 0 Å². The molecule has 136 valence electrons. The molecule has 2 aliphatic rings. The predicted octanol–water partition coefficient (Wildman–Crippen LogP) is 2.55. The van der Waals surface area contributed by atoms with Gasteiger partial charge in [-0.15, -0.1) is 0 Å². The molecule has 2 saturated heterocycles. The summed E-state index contributed by atoms with van der Waals surface area (Å²) in [6.45, 7) is 4.07. The number of nitrogens with zero attached hydrogens (tertiary/aromatic N) is 2. The number of morpholine rings is 1. The van der Waals surface area contributed by atoms with Crippen LogP contribution in [0.4, 0.5) is 10.1 Å². The summed E-state index contributed by atoms with van der Waals surface area (Å²) in [5.41, 5.74) is -1.48. The summed E-state index contributed by atoms with van der Waals surface area (Å²) in [7, 11) is 0. The van der Waals surface area contributed by atoms with E-state index in [1.54, 1.807) is 9.80 Å². The standard InChI is InChI=1S/C19H25FN2O3/c1-18(2,20)17(24)21-11-6-9-19(10-12-21)14-22(16(23)13-25-19)15-7-4-3-5-8-15/h3-5,7-8H,6,9-14H2,1-2H3. The van der Waals surface area contributed by atoms with E-state index >= 15 is 0 Å². The summed E-state index contributed by atoms with van der Waals surface area (Å²) < 4.78 is 19.9. The van der Waals surface area contributed by atoms with Crippen molar-refractivity contribution in [3.63, 3.8) is 0 Å². The van der Waals surface area contributed by atoms with Crippen LogP contribution in [0.1, 0.15) is 33.1 Å². The maximum atomic E-state index is 14.0. The van der Waals surface area contributed by atoms with Gasteiger partial charge in [-0.05, 0) is 45.2 Å². The van der Waals surface area contributed by atoms with Crippen molar-refractivity contribution < 1.29 is 18.7 Å². The van der Waals surface area contributed by atoms with Gasteiger partial charge in [0.15, 0.2) is 5.67 Å². The van der Waals surface area contributed by atoms with E-state index < -0.39 is 17.2 Å². The third kappa shape index (κ3) is 3.84. The van der Waals surface area contributed by atoms with E-state index in [9.17, 15) is 14.0 Å². The van der Waals surface area contributed by atoms with Crippen molar-refractivity contribution >= 4 is 17.5 Å². The first kappa shape index (κ1) is 17.9. The Morgan fingerprint density at radius 1 is 1.20 bits per heavy atom. The zero-order chi connectivity index (χ0) is 18.1. The molecule has 1 aromatic rings. The van der Waals surface area contributed by atoms with E-state index in [-0.39, 0.29) is 12.5 Å². The Morgan fingerprint density at radius 2 is 1.92 bits per heavy atom. The maximum Gasteiger partial charge on any atom is 0.259 e. The van der Waals surface area contributed by atoms with E-state index in [2.05, 4.69) is 0 Å². The highest BCUT2D eigenvalue weighted by Gasteiger charge is 2.43. The molecule has 0 radical (unpaired) electrons. The second kappa shape index (κ2) is 6.75. The SMILES string of the molecule is CC(C)(F)C(=O)N1CCCC2(CC1)CN(c1ccccc1)C(=O)CO2. The molecule has 5 nitrogen and oxygen atoms in total. The van der Waals surface area contributed by atoms with Crippen LogP contribution in [0.2, 0.25) is 0 Å². The Kier molecular flexibility index (Phi) is 4.82. The van der Waals surface area contributed by atoms with E-state index in [4.69, 9.17) is 4.74 Å². The Labute approximate surface area is 147 Å². The summed E-state index contributed by atoms with van der Waals surface area (Å²) in [5.74, 6) is -0.532. The first-order valence-electron chi connectivity index (χ1n) is 8.78. The van der Waals surface area contributed by atoms with Crippen LogP contribution in [0, 0.1) is 0 Å². The Bertz CT molecular complexity index is 644. The van der Waals surface area contributed by atoms with Gasteiger partial charge < -0.3 is 14.5 Å². The third-order valence-corrected chi connectivity index (χ3v) is 5.01. The molecule has 25 heavy (non-hydrogen) atoms. The fourth-order valence-corrected chi connectivity index (χ4v) is 3.61. The number of benzene rings is 1. The molecular formula is C19H25FN2O3. The molecule has 0 aliphatic carbocycles. The monoisotopic (exact) mass is 348 g/mol. The average molecular weight is 348 g/mol. The van der Waals surface area contributed by atoms with Crippen LogP contribution in [-0.2, 0) is 14.3 Å². The van der Waals surface area contributed by atoms with Gasteiger partial charge in [0.2, 0.25) is 0 Å². The largest absolute Gasteiger partial charge is 0.363 e. The van der Waals surface area contributed by atoms with Crippen molar-refractivity contribution in [2.75, 3.05) is 31.1 Å². The zero-order valence-corrected chi connectivity index (χ0v) is 14.8. The van der Waals surface area contributed by atoms with Gasteiger partial charge in [0, 0.05) is 18.8 Å². The zero-order valence-electron chi connectivity index (χ0n) is 14.8. The molecule has 1 atom stereocenters. The van der Waals surface area contributed by atoms with Crippen LogP contribution in [0.25, 0.3) is 0 Å². The van der Waals surface area contributed by atoms with Crippen molar-refractivity contribution in [3.05, 3.63) is 30.3 Å². The number of likely N-dealkylation sites (tertiary alicyclic amines) is 1. The molecular weight excluding hydrogens is 323 g/mol. The smallest absolute Gasteiger partial charge is 0.259 e. The second-order valence-corrected chi connectivity index (χ2v) is 7.41. The minimum absolute atomic E-state index is 0.0391. The maximum absolute atomic E-state index is 14.0. The van der Waals surface area contributed by atoms with Gasteiger partial charge in [-0.25, -0.2) is 4.39 Å². The quantitative estimate of drug-likeness (QED) is 0.825. The number of para-hydroxylation sites is 1. The number of alkyl halides is 1. The lowest BCUT2D eigenvalue weighted by Gasteiger charge is -2.42. The number of carbonyl (C=O) groups is 2. The van der Waals surface area contributed by atoms with Gasteiger partial charge in [-0.3, -0.25) is 9.59 Å². The number of carbonyl (C=O) groups excluding carboxylic acids is 2. The molecule has 1 unspecified atom stereocenters. The number of halogens is 1. The lowest BCUT2D eigenvalue weighted by molar-refractivity contribution is -0.144. The lowest BCUT2D eigenvalue weighted by atomic mass is 9.92. The molecule has 0 bridgehead atoms. The molecule has 2 amide bonds. The molecule has 2 fully saturated rings. The average Bonchev–Trinajstić information content (AvgIpc) is 2.79. The minimum Gasteiger partial charge on any atom is -0.363 e. The van der Waals surface area contributed by atoms with Gasteiger partial charge in [0.05, 0.1) is 12.1 Å². The second-order valence-electron chi connectivity index (χ2n) is 7.41. The first-order valence-corrected chi connectivity index (χ1v) is 8.78. The molecule has 6 heteroatoms. The number of amides is 2. The summed E-state index contributed by atoms with van der Waals surface area (Å²) in [6.07, 6.45) is 2.09. The van der Waals surface area contributed by atoms with E-state index in [1.807, 2.05) is 30.3 Å². The van der Waals surface area contributed by atoms with E-state index in [1.165, 1.54) is 13.8 Å². The first-order chi connectivity index (χ1) is 11.8. The van der Waals surface area contributed by atoms with E-state index in [0.29, 0.717) is 26.1 Å². The van der Waals surface area contributed by atoms with Crippen LogP contribution in [0.3, 0.4) is 0 Å². The molecule has 0 aromatic heterocycles. The number of anilines is 1. The van der Waals surface area contributed by atoms with Gasteiger partial charge in [0.25, 0.3) is 11.8 Å². The third-order valence-electron chi connectivity index (χ3n) is 5.01. The van der Waals surface area contributed by atoms with Crippen LogP contribution in [0.15, 0.2) is 30.3 Å². The topological polar surface area (TPSA) is 49.9 Å². The van der Waals surface area contributed by atoms with Crippen molar-refractivity contribution in [1.82, 2.24) is 4.90 Å². The molecule has 2 heterocycles. The van der Waals surface area contributed by atoms with Crippen molar-refractivity contribution in [2.24, 2.45) is 0 Å². The van der Waals surface area contributed by atoms with E-state index in [0.717, 1.165) is 18.5 Å². The lowest BCUT2D eigenvalue weighted by Crippen LogP contribution is -2.55. The van der Waals surface area contributed by atoms with Gasteiger partial charge in [0.1, 0.15) is 6.61 Å². The van der Waals surface area contributed by atoms with Crippen LogP contribution < -0.4 is 4.90 Å². The summed E-state index contributed by atoms with van der Waals surface area (Å²) in [4.78, 5) is 27.9. The number of hydrogen-bond donors (Lipinski definition) is 0. The predicted molar refractivity (Wildman–Crippen MR) is 93.1 cm³/mol. The molecule has 1 spiro atoms. The van der Waals surface area contributed by atoms with Gasteiger partial charge in [-0.1, -0.05) is 18.2 Å². The van der Waals surface area contributed by atoms with Gasteiger partial charge >= 0.3 is 0 Å². The fourth-order valence-electron chi connectivity index (χ4n) is 3.61. The number of ether oxygens (including phenoxy) is 1. The van der Waals surface area contributed by atoms with Crippen molar-refractivity contribution in [2.45, 2.75) is 44.4 Å². The molecule has 0 saturated carbocycles. The normalized spacial score (nSPS) is 25.2. The highest BCUT2D eigenvalue weighted by atomic mass is 19.1. The summed E-state index contributed by atoms with van der Waals surface area (Å²) in [5, 5.41) is 0. The van der Waals surface area contributed by atoms with Crippen LogP contribution in [-0.4, -0.2) is 54.2 Å². The molecule has 0 N–H and O–H groups in total. The summed E-state index contributed by atoms with van der Waals surface area (Å²) >= 11 is 0. The fraction of sp³-hybridized carbons (Fsp3) is 0.579. The Hall–Kier alpha value is -1.95. The van der Waals surface area contributed by atoms with Crippen molar-refractivity contribution in [3.8, 4) is 0 Å². The highest BCUT2D eigenvalue weighted by molar-refractivity contribution is 5.95.